The van der Waals surface area contributed by atoms with Gasteiger partial charge in [-0.1, -0.05) is 6.58 Å². The summed E-state index contributed by atoms with van der Waals surface area (Å²) in [6, 6.07) is 0.0221. The van der Waals surface area contributed by atoms with Crippen LogP contribution in [0.15, 0.2) is 12.7 Å². The number of carbonyl (C=O) groups excluding carboxylic acids is 1. The van der Waals surface area contributed by atoms with Gasteiger partial charge in [-0.25, -0.2) is 0 Å². The van der Waals surface area contributed by atoms with Crippen molar-refractivity contribution >= 4 is 5.91 Å². The molecule has 0 bridgehead atoms. The maximum Gasteiger partial charge on any atom is 0.245 e. The van der Waals surface area contributed by atoms with Crippen molar-refractivity contribution in [1.29, 1.82) is 0 Å². The van der Waals surface area contributed by atoms with Crippen molar-refractivity contribution in [3.63, 3.8) is 0 Å². The van der Waals surface area contributed by atoms with Crippen LogP contribution in [0.1, 0.15) is 6.92 Å². The lowest BCUT2D eigenvalue weighted by Gasteiger charge is -2.16. The van der Waals surface area contributed by atoms with Gasteiger partial charge in [-0.05, 0) is 13.0 Å². The molecular weight excluding hydrogens is 128 g/mol. The predicted molar refractivity (Wildman–Crippen MR) is 41.5 cm³/mol. The van der Waals surface area contributed by atoms with Crippen molar-refractivity contribution in [2.45, 2.75) is 13.0 Å². The number of nitrogens with zero attached hydrogens (tertiary/aromatic N) is 1. The van der Waals surface area contributed by atoms with E-state index in [0.29, 0.717) is 6.54 Å². The molecule has 0 aromatic rings. The topological polar surface area (TPSA) is 46.3 Å². The van der Waals surface area contributed by atoms with Crippen molar-refractivity contribution in [2.24, 2.45) is 5.73 Å². The lowest BCUT2D eigenvalue weighted by Crippen LogP contribution is -2.35. The molecular formula is C7H14N2O. The first-order valence-electron chi connectivity index (χ1n) is 3.21. The molecule has 1 atom stereocenters. The standard InChI is InChI=1S/C7H14N2O/c1-4-7(10)9(3)5-6(2)8/h4,6H,1,5,8H2,2-3H3. The first-order valence-corrected chi connectivity index (χ1v) is 3.21. The quantitative estimate of drug-likeness (QED) is 0.563. The molecule has 0 spiro atoms. The van der Waals surface area contributed by atoms with Gasteiger partial charge in [0.2, 0.25) is 5.91 Å². The fourth-order valence-corrected chi connectivity index (χ4v) is 0.678. The molecule has 0 radical (unpaired) electrons. The zero-order chi connectivity index (χ0) is 8.15. The Hall–Kier alpha value is -0.830. The zero-order valence-electron chi connectivity index (χ0n) is 6.50. The van der Waals surface area contributed by atoms with Crippen LogP contribution in [-0.2, 0) is 4.79 Å². The molecule has 58 valence electrons. The summed E-state index contributed by atoms with van der Waals surface area (Å²) in [5, 5.41) is 0. The average molecular weight is 142 g/mol. The molecule has 0 aromatic heterocycles. The molecule has 3 nitrogen and oxygen atoms in total. The summed E-state index contributed by atoms with van der Waals surface area (Å²) in [6.07, 6.45) is 1.28. The van der Waals surface area contributed by atoms with E-state index in [-0.39, 0.29) is 11.9 Å². The van der Waals surface area contributed by atoms with Crippen LogP contribution in [0.25, 0.3) is 0 Å². The minimum atomic E-state index is -0.0858. The lowest BCUT2D eigenvalue weighted by atomic mass is 10.3. The van der Waals surface area contributed by atoms with Crippen LogP contribution in [0.3, 0.4) is 0 Å². The SMILES string of the molecule is C=CC(=O)N(C)CC(C)N. The summed E-state index contributed by atoms with van der Waals surface area (Å²) < 4.78 is 0. The number of carbonyl (C=O) groups is 1. The van der Waals surface area contributed by atoms with E-state index in [2.05, 4.69) is 6.58 Å². The van der Waals surface area contributed by atoms with Gasteiger partial charge in [0, 0.05) is 19.6 Å². The van der Waals surface area contributed by atoms with Crippen molar-refractivity contribution in [3.8, 4) is 0 Å². The van der Waals surface area contributed by atoms with Crippen LogP contribution in [-0.4, -0.2) is 30.4 Å². The van der Waals surface area contributed by atoms with E-state index in [4.69, 9.17) is 5.73 Å². The molecule has 10 heavy (non-hydrogen) atoms. The van der Waals surface area contributed by atoms with Crippen LogP contribution in [0.5, 0.6) is 0 Å². The van der Waals surface area contributed by atoms with Gasteiger partial charge in [0.1, 0.15) is 0 Å². The number of rotatable bonds is 3. The third-order valence-electron chi connectivity index (χ3n) is 1.11. The summed E-state index contributed by atoms with van der Waals surface area (Å²) in [7, 11) is 1.70. The van der Waals surface area contributed by atoms with E-state index in [9.17, 15) is 4.79 Å². The van der Waals surface area contributed by atoms with Gasteiger partial charge in [0.25, 0.3) is 0 Å². The molecule has 0 aliphatic rings. The molecule has 0 fully saturated rings. The second-order valence-corrected chi connectivity index (χ2v) is 2.40. The Morgan fingerprint density at radius 2 is 2.40 bits per heavy atom. The third-order valence-corrected chi connectivity index (χ3v) is 1.11. The van der Waals surface area contributed by atoms with E-state index in [1.807, 2.05) is 6.92 Å². The number of hydrogen-bond donors (Lipinski definition) is 1. The first-order chi connectivity index (χ1) is 4.57. The molecule has 2 N–H and O–H groups in total. The van der Waals surface area contributed by atoms with Crippen molar-refractivity contribution in [1.82, 2.24) is 4.90 Å². The van der Waals surface area contributed by atoms with Crippen molar-refractivity contribution in [3.05, 3.63) is 12.7 Å². The molecule has 0 saturated heterocycles. The Balaban J connectivity index is 3.72. The Kier molecular flexibility index (Phi) is 3.72. The highest BCUT2D eigenvalue weighted by molar-refractivity contribution is 5.86. The van der Waals surface area contributed by atoms with Gasteiger partial charge in [-0.15, -0.1) is 0 Å². The minimum absolute atomic E-state index is 0.0221. The van der Waals surface area contributed by atoms with E-state index >= 15 is 0 Å². The van der Waals surface area contributed by atoms with Crippen LogP contribution in [0.2, 0.25) is 0 Å². The highest BCUT2D eigenvalue weighted by Crippen LogP contribution is 1.86. The maximum atomic E-state index is 10.8. The molecule has 0 aliphatic carbocycles. The van der Waals surface area contributed by atoms with Crippen molar-refractivity contribution < 1.29 is 4.79 Å². The van der Waals surface area contributed by atoms with Crippen LogP contribution in [0, 0.1) is 0 Å². The van der Waals surface area contributed by atoms with Crippen LogP contribution < -0.4 is 5.73 Å². The molecule has 0 rings (SSSR count). The molecule has 0 heterocycles. The third kappa shape index (κ3) is 3.25. The maximum absolute atomic E-state index is 10.8. The van der Waals surface area contributed by atoms with Gasteiger partial charge < -0.3 is 10.6 Å². The number of likely N-dealkylation sites (N-methyl/N-ethyl adjacent to an activating group) is 1. The van der Waals surface area contributed by atoms with Gasteiger partial charge >= 0.3 is 0 Å². The minimum Gasteiger partial charge on any atom is -0.341 e. The second kappa shape index (κ2) is 4.06. The van der Waals surface area contributed by atoms with E-state index in [0.717, 1.165) is 0 Å². The van der Waals surface area contributed by atoms with Gasteiger partial charge in [0.05, 0.1) is 0 Å². The van der Waals surface area contributed by atoms with Crippen LogP contribution in [0.4, 0.5) is 0 Å². The summed E-state index contributed by atoms with van der Waals surface area (Å²) in [5.41, 5.74) is 5.46. The normalized spacial score (nSPS) is 12.3. The molecule has 1 unspecified atom stereocenters. The second-order valence-electron chi connectivity index (χ2n) is 2.40. The molecule has 0 aromatic carbocycles. The zero-order valence-corrected chi connectivity index (χ0v) is 6.50. The van der Waals surface area contributed by atoms with Crippen LogP contribution >= 0.6 is 0 Å². The molecule has 1 amide bonds. The summed E-state index contributed by atoms with van der Waals surface area (Å²) in [4.78, 5) is 12.3. The average Bonchev–Trinajstić information content (AvgIpc) is 1.85. The fraction of sp³-hybridized carbons (Fsp3) is 0.571. The monoisotopic (exact) mass is 142 g/mol. The summed E-state index contributed by atoms with van der Waals surface area (Å²) >= 11 is 0. The van der Waals surface area contributed by atoms with Crippen molar-refractivity contribution in [2.75, 3.05) is 13.6 Å². The predicted octanol–water partition coefficient (Wildman–Crippen LogP) is -0.0220. The lowest BCUT2D eigenvalue weighted by molar-refractivity contribution is -0.124. The summed E-state index contributed by atoms with van der Waals surface area (Å²) in [6.45, 7) is 5.79. The van der Waals surface area contributed by atoms with Gasteiger partial charge in [-0.2, -0.15) is 0 Å². The Bertz CT molecular complexity index is 132. The highest BCUT2D eigenvalue weighted by atomic mass is 16.2. The molecule has 0 saturated carbocycles. The van der Waals surface area contributed by atoms with E-state index in [1.165, 1.54) is 11.0 Å². The Morgan fingerprint density at radius 1 is 1.90 bits per heavy atom. The molecule has 0 aliphatic heterocycles. The number of nitrogens with two attached hydrogens (primary N) is 1. The first kappa shape index (κ1) is 9.17. The van der Waals surface area contributed by atoms with E-state index < -0.39 is 0 Å². The van der Waals surface area contributed by atoms with Gasteiger partial charge in [-0.3, -0.25) is 4.79 Å². The molecule has 3 heteroatoms. The number of hydrogen-bond acceptors (Lipinski definition) is 2. The smallest absolute Gasteiger partial charge is 0.245 e. The Morgan fingerprint density at radius 3 is 2.70 bits per heavy atom. The van der Waals surface area contributed by atoms with Gasteiger partial charge in [0.15, 0.2) is 0 Å². The fourth-order valence-electron chi connectivity index (χ4n) is 0.678. The largest absolute Gasteiger partial charge is 0.341 e. The Labute approximate surface area is 61.5 Å². The highest BCUT2D eigenvalue weighted by Gasteiger charge is 2.04. The summed E-state index contributed by atoms with van der Waals surface area (Å²) in [5.74, 6) is -0.0858. The number of amides is 1. The van der Waals surface area contributed by atoms with E-state index in [1.54, 1.807) is 7.05 Å².